The van der Waals surface area contributed by atoms with Crippen LogP contribution in [-0.4, -0.2) is 42.6 Å². The van der Waals surface area contributed by atoms with E-state index >= 15 is 0 Å². The predicted molar refractivity (Wildman–Crippen MR) is 175 cm³/mol. The summed E-state index contributed by atoms with van der Waals surface area (Å²) in [5.41, 5.74) is 7.05. The number of nitrogens with zero attached hydrogens (tertiary/aromatic N) is 2. The molecule has 216 valence electrons. The van der Waals surface area contributed by atoms with Crippen molar-refractivity contribution in [3.63, 3.8) is 0 Å². The quantitative estimate of drug-likeness (QED) is 0.137. The molecule has 0 saturated heterocycles. The Morgan fingerprint density at radius 3 is 2.10 bits per heavy atom. The number of unbranched alkanes of at least 4 members (excludes halogenated alkanes) is 1. The first-order valence-electron chi connectivity index (χ1n) is 14.7. The van der Waals surface area contributed by atoms with Crippen LogP contribution in [0.4, 0.5) is 11.4 Å². The maximum atomic E-state index is 11.4. The van der Waals surface area contributed by atoms with Crippen LogP contribution in [0.5, 0.6) is 0 Å². The maximum absolute atomic E-state index is 11.4. The summed E-state index contributed by atoms with van der Waals surface area (Å²) in [6.45, 7) is 9.83. The number of allylic oxidation sites excluding steroid dienone is 4. The van der Waals surface area contributed by atoms with Gasteiger partial charge in [0.05, 0.1) is 11.2 Å². The molecule has 6 rings (SSSR count). The van der Waals surface area contributed by atoms with E-state index in [-0.39, 0.29) is 16.6 Å². The lowest BCUT2D eigenvalue weighted by Gasteiger charge is -2.27. The Morgan fingerprint density at radius 2 is 1.43 bits per heavy atom. The molecule has 2 aliphatic heterocycles. The first kappa shape index (κ1) is 28.4. The van der Waals surface area contributed by atoms with Crippen molar-refractivity contribution in [3.8, 4) is 0 Å². The number of fused-ring (bicyclic) bond motifs is 6. The summed E-state index contributed by atoms with van der Waals surface area (Å²) >= 11 is 0. The molecule has 42 heavy (non-hydrogen) atoms. The standard InChI is InChI=1S/C36H38N2O3S/c1-35(2)31(37(5)29-21-19-25-13-6-8-15-27(25)33(29)35)17-12-18-32-36(3,4)34-28-16-9-7-14-26(28)20-22-30(34)38(32)23-10-11-24-42(39,40)41/h6-9,12-22H,10-11,23-24H2,1-5H3/p+1. The average molecular weight is 580 g/mol. The highest BCUT2D eigenvalue weighted by atomic mass is 32.2. The second kappa shape index (κ2) is 10.2. The molecule has 0 radical (unpaired) electrons. The van der Waals surface area contributed by atoms with Gasteiger partial charge in [0.25, 0.3) is 10.1 Å². The zero-order valence-electron chi connectivity index (χ0n) is 25.1. The monoisotopic (exact) mass is 579 g/mol. The zero-order chi connectivity index (χ0) is 29.9. The third-order valence-electron chi connectivity index (χ3n) is 9.19. The molecule has 5 nitrogen and oxygen atoms in total. The minimum Gasteiger partial charge on any atom is -0.344 e. The second-order valence-corrected chi connectivity index (χ2v) is 14.2. The molecule has 4 aromatic carbocycles. The molecule has 2 heterocycles. The highest BCUT2D eigenvalue weighted by Gasteiger charge is 2.44. The van der Waals surface area contributed by atoms with Crippen molar-refractivity contribution in [1.82, 2.24) is 0 Å². The van der Waals surface area contributed by atoms with E-state index in [1.165, 1.54) is 49.8 Å². The number of anilines is 1. The summed E-state index contributed by atoms with van der Waals surface area (Å²) in [5.74, 6) is -0.220. The SMILES string of the molecule is C[N+]1=C(C=CC=C2N(CCCCS(=O)(=O)O)c3ccc4ccccc4c3C2(C)C)C(C)(C)c2c1ccc1ccccc21. The first-order valence-corrected chi connectivity index (χ1v) is 16.3. The Kier molecular flexibility index (Phi) is 6.90. The van der Waals surface area contributed by atoms with Crippen LogP contribution in [0.3, 0.4) is 0 Å². The molecular weight excluding hydrogens is 540 g/mol. The predicted octanol–water partition coefficient (Wildman–Crippen LogP) is 7.90. The molecule has 4 aromatic rings. The van der Waals surface area contributed by atoms with E-state index in [1.54, 1.807) is 0 Å². The lowest BCUT2D eigenvalue weighted by molar-refractivity contribution is -0.401. The van der Waals surface area contributed by atoms with Crippen molar-refractivity contribution >= 4 is 48.7 Å². The van der Waals surface area contributed by atoms with Gasteiger partial charge in [-0.25, -0.2) is 0 Å². The fourth-order valence-electron chi connectivity index (χ4n) is 7.25. The third-order valence-corrected chi connectivity index (χ3v) is 10.00. The molecule has 0 atom stereocenters. The van der Waals surface area contributed by atoms with E-state index in [2.05, 4.69) is 135 Å². The van der Waals surface area contributed by atoms with Crippen molar-refractivity contribution < 1.29 is 17.5 Å². The Morgan fingerprint density at radius 1 is 0.810 bits per heavy atom. The van der Waals surface area contributed by atoms with Gasteiger partial charge in [-0.2, -0.15) is 13.0 Å². The van der Waals surface area contributed by atoms with Crippen LogP contribution in [0.15, 0.2) is 96.7 Å². The van der Waals surface area contributed by atoms with Gasteiger partial charge in [-0.15, -0.1) is 0 Å². The molecule has 0 spiro atoms. The van der Waals surface area contributed by atoms with Gasteiger partial charge in [0.15, 0.2) is 5.71 Å². The molecule has 0 aromatic heterocycles. The topological polar surface area (TPSA) is 60.6 Å². The van der Waals surface area contributed by atoms with Crippen molar-refractivity contribution in [2.45, 2.75) is 51.4 Å². The number of hydrogen-bond acceptors (Lipinski definition) is 3. The van der Waals surface area contributed by atoms with Crippen LogP contribution in [0, 0.1) is 0 Å². The second-order valence-electron chi connectivity index (χ2n) is 12.6. The van der Waals surface area contributed by atoms with E-state index in [0.29, 0.717) is 19.4 Å². The van der Waals surface area contributed by atoms with Crippen LogP contribution in [-0.2, 0) is 20.9 Å². The summed E-state index contributed by atoms with van der Waals surface area (Å²) in [6, 6.07) is 25.9. The molecule has 1 N–H and O–H groups in total. The third kappa shape index (κ3) is 4.67. The molecular formula is C36H39N2O3S+. The molecule has 0 saturated carbocycles. The van der Waals surface area contributed by atoms with Crippen LogP contribution in [0.2, 0.25) is 0 Å². The normalized spacial score (nSPS) is 18.5. The van der Waals surface area contributed by atoms with Gasteiger partial charge in [0.2, 0.25) is 5.69 Å². The zero-order valence-corrected chi connectivity index (χ0v) is 25.9. The number of rotatable bonds is 7. The van der Waals surface area contributed by atoms with Gasteiger partial charge in [0, 0.05) is 41.1 Å². The van der Waals surface area contributed by atoms with Gasteiger partial charge in [-0.1, -0.05) is 74.5 Å². The summed E-state index contributed by atoms with van der Waals surface area (Å²) in [5, 5.41) is 5.00. The Balaban J connectivity index is 1.39. The van der Waals surface area contributed by atoms with E-state index in [1.807, 2.05) is 0 Å². The highest BCUT2D eigenvalue weighted by Crippen LogP contribution is 2.51. The van der Waals surface area contributed by atoms with Crippen LogP contribution in [0.1, 0.15) is 51.7 Å². The molecule has 0 fully saturated rings. The van der Waals surface area contributed by atoms with Crippen LogP contribution < -0.4 is 4.90 Å². The smallest absolute Gasteiger partial charge is 0.264 e. The molecule has 0 aliphatic carbocycles. The Labute approximate surface area is 249 Å². The highest BCUT2D eigenvalue weighted by molar-refractivity contribution is 7.85. The minimum absolute atomic E-state index is 0.167. The fourth-order valence-corrected chi connectivity index (χ4v) is 7.82. The summed E-state index contributed by atoms with van der Waals surface area (Å²) < 4.78 is 34.3. The van der Waals surface area contributed by atoms with Crippen LogP contribution in [0.25, 0.3) is 21.5 Å². The molecule has 0 unspecified atom stereocenters. The first-order chi connectivity index (χ1) is 19.9. The summed E-state index contributed by atoms with van der Waals surface area (Å²) in [4.78, 5) is 2.34. The van der Waals surface area contributed by atoms with Crippen molar-refractivity contribution in [1.29, 1.82) is 0 Å². The van der Waals surface area contributed by atoms with Crippen molar-refractivity contribution in [2.24, 2.45) is 0 Å². The van der Waals surface area contributed by atoms with Crippen molar-refractivity contribution in [2.75, 3.05) is 24.2 Å². The van der Waals surface area contributed by atoms with Crippen molar-refractivity contribution in [3.05, 3.63) is 108 Å². The largest absolute Gasteiger partial charge is 0.344 e. The van der Waals surface area contributed by atoms with E-state index < -0.39 is 10.1 Å². The van der Waals surface area contributed by atoms with Crippen LogP contribution >= 0.6 is 0 Å². The Hall–Kier alpha value is -3.74. The van der Waals surface area contributed by atoms with Gasteiger partial charge in [-0.3, -0.25) is 4.55 Å². The fraction of sp³-hybridized carbons (Fsp3) is 0.306. The maximum Gasteiger partial charge on any atom is 0.264 e. The molecule has 6 heteroatoms. The molecule has 2 aliphatic rings. The Bertz CT molecular complexity index is 1930. The number of hydrogen-bond donors (Lipinski definition) is 1. The summed E-state index contributed by atoms with van der Waals surface area (Å²) in [7, 11) is -1.82. The average Bonchev–Trinajstić information content (AvgIpc) is 3.29. The minimum atomic E-state index is -3.97. The van der Waals surface area contributed by atoms with Gasteiger partial charge >= 0.3 is 0 Å². The van der Waals surface area contributed by atoms with E-state index in [0.717, 1.165) is 5.69 Å². The van der Waals surface area contributed by atoms with Gasteiger partial charge in [-0.05, 0) is 72.0 Å². The number of benzene rings is 4. The lowest BCUT2D eigenvalue weighted by atomic mass is 9.79. The molecule has 0 amide bonds. The molecule has 0 bridgehead atoms. The van der Waals surface area contributed by atoms with E-state index in [9.17, 15) is 13.0 Å². The summed E-state index contributed by atoms with van der Waals surface area (Å²) in [6.07, 6.45) is 7.71. The van der Waals surface area contributed by atoms with Gasteiger partial charge in [0.1, 0.15) is 7.05 Å². The van der Waals surface area contributed by atoms with Gasteiger partial charge < -0.3 is 4.90 Å². The van der Waals surface area contributed by atoms with E-state index in [4.69, 9.17) is 0 Å². The lowest BCUT2D eigenvalue weighted by Crippen LogP contribution is -2.28.